The van der Waals surface area contributed by atoms with Crippen molar-refractivity contribution in [2.75, 3.05) is 0 Å². The van der Waals surface area contributed by atoms with Gasteiger partial charge in [-0.15, -0.1) is 0 Å². The Bertz CT molecular complexity index is 629. The molecule has 0 saturated carbocycles. The van der Waals surface area contributed by atoms with Crippen LogP contribution in [-0.2, 0) is 4.79 Å². The van der Waals surface area contributed by atoms with Crippen LogP contribution < -0.4 is 5.32 Å². The minimum absolute atomic E-state index is 0.120. The fourth-order valence-corrected chi connectivity index (χ4v) is 1.93. The Morgan fingerprint density at radius 2 is 2.16 bits per heavy atom. The first-order valence-corrected chi connectivity index (χ1v) is 5.99. The van der Waals surface area contributed by atoms with Crippen LogP contribution in [0, 0.1) is 6.92 Å². The highest BCUT2D eigenvalue weighted by Gasteiger charge is 2.16. The molecule has 100 valence electrons. The lowest BCUT2D eigenvalue weighted by atomic mass is 10.2. The molecule has 1 amide bonds. The second-order valence-corrected chi connectivity index (χ2v) is 4.58. The molecule has 2 rings (SSSR count). The number of hydrogen-bond acceptors (Lipinski definition) is 3. The molecular weight excluding hydrogens is 246 g/mol. The number of benzene rings is 1. The van der Waals surface area contributed by atoms with Crippen molar-refractivity contribution < 1.29 is 19.1 Å². The van der Waals surface area contributed by atoms with Gasteiger partial charge in [-0.05, 0) is 25.5 Å². The minimum Gasteiger partial charge on any atom is -0.481 e. The summed E-state index contributed by atoms with van der Waals surface area (Å²) in [4.78, 5) is 22.5. The number of aryl methyl sites for hydroxylation is 1. The molecule has 0 saturated heterocycles. The first kappa shape index (κ1) is 13.1. The fourth-order valence-electron chi connectivity index (χ4n) is 1.93. The number of carboxylic acid groups (broad SMARTS) is 1. The Kier molecular flexibility index (Phi) is 3.55. The van der Waals surface area contributed by atoms with E-state index in [1.165, 1.54) is 0 Å². The SMILES string of the molecule is Cc1cccc2cc(C(=O)NC(C)CC(=O)O)oc12. The number of rotatable bonds is 4. The molecule has 0 radical (unpaired) electrons. The van der Waals surface area contributed by atoms with Crippen LogP contribution in [0.4, 0.5) is 0 Å². The van der Waals surface area contributed by atoms with Gasteiger partial charge in [-0.3, -0.25) is 9.59 Å². The first-order chi connectivity index (χ1) is 8.97. The molecule has 1 aromatic heterocycles. The third kappa shape index (κ3) is 2.93. The Morgan fingerprint density at radius 3 is 2.79 bits per heavy atom. The van der Waals surface area contributed by atoms with E-state index in [9.17, 15) is 9.59 Å². The van der Waals surface area contributed by atoms with Gasteiger partial charge in [-0.2, -0.15) is 0 Å². The first-order valence-electron chi connectivity index (χ1n) is 5.99. The van der Waals surface area contributed by atoms with Gasteiger partial charge in [0.15, 0.2) is 5.76 Å². The van der Waals surface area contributed by atoms with Crippen molar-refractivity contribution in [2.45, 2.75) is 26.3 Å². The summed E-state index contributed by atoms with van der Waals surface area (Å²) in [5.74, 6) is -1.15. The smallest absolute Gasteiger partial charge is 0.305 e. The molecule has 0 aliphatic carbocycles. The summed E-state index contributed by atoms with van der Waals surface area (Å²) in [5.41, 5.74) is 1.63. The normalized spacial score (nSPS) is 12.3. The highest BCUT2D eigenvalue weighted by atomic mass is 16.4. The van der Waals surface area contributed by atoms with Crippen LogP contribution in [0.3, 0.4) is 0 Å². The zero-order chi connectivity index (χ0) is 14.0. The van der Waals surface area contributed by atoms with Crippen molar-refractivity contribution in [3.63, 3.8) is 0 Å². The number of nitrogens with one attached hydrogen (secondary N) is 1. The number of carboxylic acids is 1. The number of amides is 1. The van der Waals surface area contributed by atoms with E-state index in [1.54, 1.807) is 13.0 Å². The van der Waals surface area contributed by atoms with Crippen molar-refractivity contribution in [1.82, 2.24) is 5.32 Å². The van der Waals surface area contributed by atoms with Crippen molar-refractivity contribution in [2.24, 2.45) is 0 Å². The van der Waals surface area contributed by atoms with E-state index >= 15 is 0 Å². The van der Waals surface area contributed by atoms with Gasteiger partial charge in [0.05, 0.1) is 6.42 Å². The number of fused-ring (bicyclic) bond motifs is 1. The van der Waals surface area contributed by atoms with Gasteiger partial charge in [0.2, 0.25) is 0 Å². The van der Waals surface area contributed by atoms with Crippen LogP contribution in [0.15, 0.2) is 28.7 Å². The molecule has 5 nitrogen and oxygen atoms in total. The molecule has 0 aliphatic rings. The maximum Gasteiger partial charge on any atom is 0.305 e. The third-order valence-corrected chi connectivity index (χ3v) is 2.82. The zero-order valence-electron chi connectivity index (χ0n) is 10.8. The Morgan fingerprint density at radius 1 is 1.42 bits per heavy atom. The van der Waals surface area contributed by atoms with Gasteiger partial charge >= 0.3 is 5.97 Å². The zero-order valence-corrected chi connectivity index (χ0v) is 10.8. The number of hydrogen-bond donors (Lipinski definition) is 2. The predicted molar refractivity (Wildman–Crippen MR) is 70.1 cm³/mol. The molecular formula is C14H15NO4. The molecule has 2 aromatic rings. The number of aliphatic carboxylic acids is 1. The lowest BCUT2D eigenvalue weighted by molar-refractivity contribution is -0.137. The van der Waals surface area contributed by atoms with E-state index in [4.69, 9.17) is 9.52 Å². The molecule has 1 aromatic carbocycles. The predicted octanol–water partition coefficient (Wildman–Crippen LogP) is 2.33. The van der Waals surface area contributed by atoms with E-state index in [0.29, 0.717) is 5.58 Å². The fraction of sp³-hybridized carbons (Fsp3) is 0.286. The van der Waals surface area contributed by atoms with Crippen LogP contribution in [-0.4, -0.2) is 23.0 Å². The molecule has 1 atom stereocenters. The molecule has 0 bridgehead atoms. The molecule has 0 aliphatic heterocycles. The van der Waals surface area contributed by atoms with Crippen molar-refractivity contribution in [3.8, 4) is 0 Å². The average molecular weight is 261 g/mol. The van der Waals surface area contributed by atoms with E-state index in [0.717, 1.165) is 10.9 Å². The minimum atomic E-state index is -0.951. The maximum atomic E-state index is 11.9. The summed E-state index contributed by atoms with van der Waals surface area (Å²) in [6.07, 6.45) is -0.120. The van der Waals surface area contributed by atoms with Gasteiger partial charge in [0.1, 0.15) is 5.58 Å². The van der Waals surface area contributed by atoms with Gasteiger partial charge in [0, 0.05) is 11.4 Å². The topological polar surface area (TPSA) is 79.5 Å². The number of furan rings is 1. The highest BCUT2D eigenvalue weighted by molar-refractivity contribution is 5.96. The summed E-state index contributed by atoms with van der Waals surface area (Å²) in [7, 11) is 0. The molecule has 1 unspecified atom stereocenters. The summed E-state index contributed by atoms with van der Waals surface area (Å²) < 4.78 is 5.51. The summed E-state index contributed by atoms with van der Waals surface area (Å²) in [5, 5.41) is 12.1. The summed E-state index contributed by atoms with van der Waals surface area (Å²) >= 11 is 0. The van der Waals surface area contributed by atoms with Crippen molar-refractivity contribution in [3.05, 3.63) is 35.6 Å². The van der Waals surface area contributed by atoms with Crippen LogP contribution in [0.25, 0.3) is 11.0 Å². The van der Waals surface area contributed by atoms with Crippen LogP contribution in [0.1, 0.15) is 29.5 Å². The average Bonchev–Trinajstić information content (AvgIpc) is 2.73. The van der Waals surface area contributed by atoms with Gasteiger partial charge in [-0.1, -0.05) is 18.2 Å². The van der Waals surface area contributed by atoms with Gasteiger partial charge in [0.25, 0.3) is 5.91 Å². The monoisotopic (exact) mass is 261 g/mol. The second-order valence-electron chi connectivity index (χ2n) is 4.58. The Hall–Kier alpha value is -2.30. The second kappa shape index (κ2) is 5.14. The summed E-state index contributed by atoms with van der Waals surface area (Å²) in [6.45, 7) is 3.54. The summed E-state index contributed by atoms with van der Waals surface area (Å²) in [6, 6.07) is 6.87. The number of carbonyl (C=O) groups excluding carboxylic acids is 1. The van der Waals surface area contributed by atoms with Crippen LogP contribution in [0.5, 0.6) is 0 Å². The Balaban J connectivity index is 2.18. The third-order valence-electron chi connectivity index (χ3n) is 2.82. The molecule has 0 fully saturated rings. The van der Waals surface area contributed by atoms with Gasteiger partial charge < -0.3 is 14.8 Å². The largest absolute Gasteiger partial charge is 0.481 e. The van der Waals surface area contributed by atoms with E-state index in [1.807, 2.05) is 25.1 Å². The van der Waals surface area contributed by atoms with E-state index < -0.39 is 17.9 Å². The molecule has 0 spiro atoms. The molecule has 2 N–H and O–H groups in total. The van der Waals surface area contributed by atoms with Crippen LogP contribution >= 0.6 is 0 Å². The quantitative estimate of drug-likeness (QED) is 0.885. The lowest BCUT2D eigenvalue weighted by Gasteiger charge is -2.09. The lowest BCUT2D eigenvalue weighted by Crippen LogP contribution is -2.33. The maximum absolute atomic E-state index is 11.9. The molecule has 5 heteroatoms. The highest BCUT2D eigenvalue weighted by Crippen LogP contribution is 2.22. The van der Waals surface area contributed by atoms with E-state index in [2.05, 4.69) is 5.32 Å². The van der Waals surface area contributed by atoms with Crippen LogP contribution in [0.2, 0.25) is 0 Å². The Labute approximate surface area is 110 Å². The van der Waals surface area contributed by atoms with Gasteiger partial charge in [-0.25, -0.2) is 0 Å². The number of para-hydroxylation sites is 1. The van der Waals surface area contributed by atoms with E-state index in [-0.39, 0.29) is 12.2 Å². The standard InChI is InChI=1S/C14H15NO4/c1-8-4-3-5-10-7-11(19-13(8)10)14(18)15-9(2)6-12(16)17/h3-5,7,9H,6H2,1-2H3,(H,15,18)(H,16,17). The number of carbonyl (C=O) groups is 2. The molecule has 1 heterocycles. The van der Waals surface area contributed by atoms with Crippen molar-refractivity contribution >= 4 is 22.8 Å². The van der Waals surface area contributed by atoms with Crippen molar-refractivity contribution in [1.29, 1.82) is 0 Å². The molecule has 19 heavy (non-hydrogen) atoms.